The molecule has 0 saturated heterocycles. The van der Waals surface area contributed by atoms with Crippen molar-refractivity contribution in [3.8, 4) is 0 Å². The number of nitrogens with one attached hydrogen (secondary N) is 2. The van der Waals surface area contributed by atoms with Gasteiger partial charge in [-0.05, 0) is 6.42 Å². The Balaban J connectivity index is 3.67. The highest BCUT2D eigenvalue weighted by Crippen LogP contribution is 2.08. The number of nitrogens with two attached hydrogens (primary N) is 2. The lowest BCUT2D eigenvalue weighted by molar-refractivity contribution is 0.0179. The molecule has 0 aromatic heterocycles. The minimum atomic E-state index is -0.964. The topological polar surface area (TPSA) is 117 Å². The molecule has 0 amide bonds. The SMILES string of the molecule is CCC(N)(CO)C(O)NCCNCCN. The lowest BCUT2D eigenvalue weighted by atomic mass is 9.96. The normalized spacial score (nSPS) is 17.4. The summed E-state index contributed by atoms with van der Waals surface area (Å²) in [6, 6.07) is 0. The predicted octanol–water partition coefficient (Wildman–Crippen LogP) is -2.46. The number of aliphatic hydroxyl groups excluding tert-OH is 2. The van der Waals surface area contributed by atoms with E-state index in [4.69, 9.17) is 16.6 Å². The van der Waals surface area contributed by atoms with Crippen molar-refractivity contribution < 1.29 is 10.2 Å². The van der Waals surface area contributed by atoms with Crippen LogP contribution in [0.15, 0.2) is 0 Å². The molecule has 0 radical (unpaired) electrons. The Kier molecular flexibility index (Phi) is 7.85. The van der Waals surface area contributed by atoms with E-state index in [1.54, 1.807) is 0 Å². The molecular formula is C9H24N4O2. The summed E-state index contributed by atoms with van der Waals surface area (Å²) in [6.07, 6.45) is -0.388. The van der Waals surface area contributed by atoms with Gasteiger partial charge in [-0.15, -0.1) is 0 Å². The molecule has 2 atom stereocenters. The zero-order valence-corrected chi connectivity index (χ0v) is 9.37. The summed E-state index contributed by atoms with van der Waals surface area (Å²) in [5.74, 6) is 0. The molecule has 92 valence electrons. The fraction of sp³-hybridized carbons (Fsp3) is 1.00. The smallest absolute Gasteiger partial charge is 0.125 e. The first-order valence-electron chi connectivity index (χ1n) is 5.32. The lowest BCUT2D eigenvalue weighted by Crippen LogP contribution is -2.60. The summed E-state index contributed by atoms with van der Waals surface area (Å²) in [6.45, 7) is 4.22. The van der Waals surface area contributed by atoms with Crippen molar-refractivity contribution in [2.75, 3.05) is 32.8 Å². The Hall–Kier alpha value is -0.240. The molecular weight excluding hydrogens is 196 g/mol. The molecule has 0 saturated carbocycles. The molecule has 6 heteroatoms. The van der Waals surface area contributed by atoms with Gasteiger partial charge in [0.15, 0.2) is 0 Å². The minimum absolute atomic E-state index is 0.242. The first-order chi connectivity index (χ1) is 7.10. The second-order valence-electron chi connectivity index (χ2n) is 3.64. The molecule has 0 fully saturated rings. The highest BCUT2D eigenvalue weighted by molar-refractivity contribution is 4.88. The Morgan fingerprint density at radius 1 is 1.33 bits per heavy atom. The van der Waals surface area contributed by atoms with E-state index in [2.05, 4.69) is 10.6 Å². The second-order valence-corrected chi connectivity index (χ2v) is 3.64. The molecule has 15 heavy (non-hydrogen) atoms. The second kappa shape index (κ2) is 7.98. The van der Waals surface area contributed by atoms with E-state index in [9.17, 15) is 5.11 Å². The Bertz CT molecular complexity index is 153. The monoisotopic (exact) mass is 220 g/mol. The zero-order valence-electron chi connectivity index (χ0n) is 9.37. The number of rotatable bonds is 9. The van der Waals surface area contributed by atoms with Crippen molar-refractivity contribution in [2.45, 2.75) is 25.1 Å². The van der Waals surface area contributed by atoms with Crippen molar-refractivity contribution in [2.24, 2.45) is 11.5 Å². The van der Waals surface area contributed by atoms with Crippen LogP contribution in [0.2, 0.25) is 0 Å². The third-order valence-electron chi connectivity index (χ3n) is 2.46. The Morgan fingerprint density at radius 3 is 2.47 bits per heavy atom. The molecule has 8 N–H and O–H groups in total. The van der Waals surface area contributed by atoms with E-state index in [0.717, 1.165) is 6.54 Å². The quantitative estimate of drug-likeness (QED) is 0.190. The van der Waals surface area contributed by atoms with Gasteiger partial charge in [0.25, 0.3) is 0 Å². The van der Waals surface area contributed by atoms with Gasteiger partial charge in [0, 0.05) is 26.2 Å². The fourth-order valence-corrected chi connectivity index (χ4v) is 1.12. The molecule has 2 unspecified atom stereocenters. The average molecular weight is 220 g/mol. The summed E-state index contributed by atoms with van der Waals surface area (Å²) in [7, 11) is 0. The van der Waals surface area contributed by atoms with Gasteiger partial charge in [0.1, 0.15) is 6.23 Å². The molecule has 0 aliphatic carbocycles. The number of hydrogen-bond acceptors (Lipinski definition) is 6. The third-order valence-corrected chi connectivity index (χ3v) is 2.46. The first kappa shape index (κ1) is 14.8. The van der Waals surface area contributed by atoms with Gasteiger partial charge in [0.05, 0.1) is 12.1 Å². The third kappa shape index (κ3) is 5.41. The van der Waals surface area contributed by atoms with Crippen LogP contribution >= 0.6 is 0 Å². The summed E-state index contributed by atoms with van der Waals surface area (Å²) >= 11 is 0. The molecule has 0 aromatic carbocycles. The van der Waals surface area contributed by atoms with Crippen LogP contribution in [0.25, 0.3) is 0 Å². The van der Waals surface area contributed by atoms with Gasteiger partial charge in [-0.3, -0.25) is 5.32 Å². The predicted molar refractivity (Wildman–Crippen MR) is 60.2 cm³/mol. The van der Waals surface area contributed by atoms with E-state index < -0.39 is 11.8 Å². The van der Waals surface area contributed by atoms with Gasteiger partial charge in [0.2, 0.25) is 0 Å². The van der Waals surface area contributed by atoms with E-state index in [1.165, 1.54) is 0 Å². The van der Waals surface area contributed by atoms with Crippen molar-refractivity contribution in [3.63, 3.8) is 0 Å². The molecule has 0 bridgehead atoms. The Morgan fingerprint density at radius 2 is 2.00 bits per heavy atom. The van der Waals surface area contributed by atoms with Crippen LogP contribution < -0.4 is 22.1 Å². The van der Waals surface area contributed by atoms with Crippen LogP contribution in [0, 0.1) is 0 Å². The molecule has 0 aliphatic heterocycles. The van der Waals surface area contributed by atoms with Crippen LogP contribution in [-0.4, -0.2) is 54.8 Å². The number of aliphatic hydroxyl groups is 2. The molecule has 0 spiro atoms. The van der Waals surface area contributed by atoms with Crippen LogP contribution in [-0.2, 0) is 0 Å². The summed E-state index contributed by atoms with van der Waals surface area (Å²) in [5, 5.41) is 24.6. The van der Waals surface area contributed by atoms with Crippen molar-refractivity contribution in [1.29, 1.82) is 0 Å². The maximum absolute atomic E-state index is 9.68. The largest absolute Gasteiger partial charge is 0.394 e. The maximum Gasteiger partial charge on any atom is 0.125 e. The number of hydrogen-bond donors (Lipinski definition) is 6. The van der Waals surface area contributed by atoms with E-state index in [-0.39, 0.29) is 6.61 Å². The average Bonchev–Trinajstić information content (AvgIpc) is 2.27. The van der Waals surface area contributed by atoms with Crippen molar-refractivity contribution >= 4 is 0 Å². The molecule has 6 nitrogen and oxygen atoms in total. The van der Waals surface area contributed by atoms with Gasteiger partial charge in [-0.25, -0.2) is 0 Å². The molecule has 0 heterocycles. The highest BCUT2D eigenvalue weighted by atomic mass is 16.3. The molecule has 0 aromatic rings. The highest BCUT2D eigenvalue weighted by Gasteiger charge is 2.30. The van der Waals surface area contributed by atoms with Crippen LogP contribution in [0.3, 0.4) is 0 Å². The van der Waals surface area contributed by atoms with Crippen LogP contribution in [0.4, 0.5) is 0 Å². The summed E-state index contributed by atoms with van der Waals surface area (Å²) in [5.41, 5.74) is 10.1. The Labute approximate surface area is 91.0 Å². The fourth-order valence-electron chi connectivity index (χ4n) is 1.12. The van der Waals surface area contributed by atoms with Gasteiger partial charge >= 0.3 is 0 Å². The minimum Gasteiger partial charge on any atom is -0.394 e. The van der Waals surface area contributed by atoms with Crippen molar-refractivity contribution in [1.82, 2.24) is 10.6 Å². The van der Waals surface area contributed by atoms with Gasteiger partial charge in [-0.1, -0.05) is 6.92 Å². The van der Waals surface area contributed by atoms with Crippen LogP contribution in [0.5, 0.6) is 0 Å². The molecule has 0 rings (SSSR count). The first-order valence-corrected chi connectivity index (χ1v) is 5.32. The van der Waals surface area contributed by atoms with E-state index in [0.29, 0.717) is 26.1 Å². The van der Waals surface area contributed by atoms with E-state index >= 15 is 0 Å². The summed E-state index contributed by atoms with van der Waals surface area (Å²) < 4.78 is 0. The maximum atomic E-state index is 9.68. The summed E-state index contributed by atoms with van der Waals surface area (Å²) in [4.78, 5) is 0. The van der Waals surface area contributed by atoms with Crippen LogP contribution in [0.1, 0.15) is 13.3 Å². The zero-order chi connectivity index (χ0) is 11.7. The lowest BCUT2D eigenvalue weighted by Gasteiger charge is -2.31. The standard InChI is InChI=1S/C9H24N4O2/c1-2-9(11,7-14)8(15)13-6-5-12-4-3-10/h8,12-15H,2-7,10-11H2,1H3. The van der Waals surface area contributed by atoms with Crippen molar-refractivity contribution in [3.05, 3.63) is 0 Å². The van der Waals surface area contributed by atoms with Gasteiger partial charge in [-0.2, -0.15) is 0 Å². The van der Waals surface area contributed by atoms with E-state index in [1.807, 2.05) is 6.92 Å². The molecule has 0 aliphatic rings. The van der Waals surface area contributed by atoms with Gasteiger partial charge < -0.3 is 27.0 Å².